The summed E-state index contributed by atoms with van der Waals surface area (Å²) in [7, 11) is 1.69. The predicted octanol–water partition coefficient (Wildman–Crippen LogP) is 1.30. The number of nitriles is 1. The first kappa shape index (κ1) is 12.9. The second kappa shape index (κ2) is 5.85. The van der Waals surface area contributed by atoms with E-state index in [0.717, 1.165) is 37.5 Å². The summed E-state index contributed by atoms with van der Waals surface area (Å²) in [6, 6.07) is 8.47. The predicted molar refractivity (Wildman–Crippen MR) is 70.4 cm³/mol. The van der Waals surface area contributed by atoms with Gasteiger partial charge in [-0.05, 0) is 13.0 Å². The van der Waals surface area contributed by atoms with Crippen molar-refractivity contribution in [3.63, 3.8) is 0 Å². The standard InChI is InChI=1S/C14H19N3O/c1-11-3-4-14(18-2)12(7-11)10-17-6-5-16-9-13(17)8-15/h3-4,7,13,16H,5-6,9-10H2,1-2H3. The van der Waals surface area contributed by atoms with E-state index in [9.17, 15) is 0 Å². The maximum Gasteiger partial charge on any atom is 0.123 e. The highest BCUT2D eigenvalue weighted by molar-refractivity contribution is 5.37. The molecule has 0 saturated carbocycles. The molecule has 0 spiro atoms. The van der Waals surface area contributed by atoms with Crippen molar-refractivity contribution in [2.24, 2.45) is 0 Å². The van der Waals surface area contributed by atoms with Crippen LogP contribution in [-0.4, -0.2) is 37.7 Å². The van der Waals surface area contributed by atoms with Gasteiger partial charge in [-0.15, -0.1) is 0 Å². The van der Waals surface area contributed by atoms with Crippen LogP contribution in [0.5, 0.6) is 5.75 Å². The van der Waals surface area contributed by atoms with Gasteiger partial charge in [0, 0.05) is 31.7 Å². The number of nitrogens with zero attached hydrogens (tertiary/aromatic N) is 2. The highest BCUT2D eigenvalue weighted by Gasteiger charge is 2.22. The lowest BCUT2D eigenvalue weighted by Gasteiger charge is -2.32. The van der Waals surface area contributed by atoms with Gasteiger partial charge in [0.2, 0.25) is 0 Å². The quantitative estimate of drug-likeness (QED) is 0.872. The van der Waals surface area contributed by atoms with E-state index >= 15 is 0 Å². The van der Waals surface area contributed by atoms with Gasteiger partial charge in [0.15, 0.2) is 0 Å². The van der Waals surface area contributed by atoms with E-state index in [2.05, 4.69) is 29.3 Å². The van der Waals surface area contributed by atoms with Gasteiger partial charge in [-0.25, -0.2) is 0 Å². The van der Waals surface area contributed by atoms with Gasteiger partial charge >= 0.3 is 0 Å². The number of benzene rings is 1. The topological polar surface area (TPSA) is 48.3 Å². The van der Waals surface area contributed by atoms with E-state index < -0.39 is 0 Å². The number of nitrogens with one attached hydrogen (secondary N) is 1. The van der Waals surface area contributed by atoms with Crippen LogP contribution in [0.15, 0.2) is 18.2 Å². The average molecular weight is 245 g/mol. The molecule has 1 saturated heterocycles. The molecule has 4 heteroatoms. The van der Waals surface area contributed by atoms with Gasteiger partial charge < -0.3 is 10.1 Å². The Labute approximate surface area is 108 Å². The van der Waals surface area contributed by atoms with Crippen LogP contribution < -0.4 is 10.1 Å². The van der Waals surface area contributed by atoms with Crippen molar-refractivity contribution in [1.29, 1.82) is 5.26 Å². The second-order valence-corrected chi connectivity index (χ2v) is 4.63. The van der Waals surface area contributed by atoms with Crippen molar-refractivity contribution >= 4 is 0 Å². The van der Waals surface area contributed by atoms with Gasteiger partial charge in [0.25, 0.3) is 0 Å². The molecule has 0 bridgehead atoms. The van der Waals surface area contributed by atoms with Crippen LogP contribution in [0.25, 0.3) is 0 Å². The van der Waals surface area contributed by atoms with Crippen LogP contribution >= 0.6 is 0 Å². The minimum atomic E-state index is -0.0519. The fourth-order valence-electron chi connectivity index (χ4n) is 2.31. The van der Waals surface area contributed by atoms with Gasteiger partial charge in [0.1, 0.15) is 11.8 Å². The third-order valence-electron chi connectivity index (χ3n) is 3.31. The summed E-state index contributed by atoms with van der Waals surface area (Å²) in [5.41, 5.74) is 2.37. The Morgan fingerprint density at radius 3 is 3.11 bits per heavy atom. The molecule has 1 N–H and O–H groups in total. The maximum absolute atomic E-state index is 9.16. The lowest BCUT2D eigenvalue weighted by molar-refractivity contribution is 0.187. The molecular formula is C14H19N3O. The monoisotopic (exact) mass is 245 g/mol. The van der Waals surface area contributed by atoms with Crippen molar-refractivity contribution in [3.8, 4) is 11.8 Å². The summed E-state index contributed by atoms with van der Waals surface area (Å²) >= 11 is 0. The lowest BCUT2D eigenvalue weighted by Crippen LogP contribution is -2.50. The summed E-state index contributed by atoms with van der Waals surface area (Å²) in [6.45, 7) is 5.42. The zero-order valence-corrected chi connectivity index (χ0v) is 10.9. The molecule has 18 heavy (non-hydrogen) atoms. The second-order valence-electron chi connectivity index (χ2n) is 4.63. The molecule has 96 valence electrons. The Morgan fingerprint density at radius 1 is 1.56 bits per heavy atom. The Bertz CT molecular complexity index is 453. The fraction of sp³-hybridized carbons (Fsp3) is 0.500. The Kier molecular flexibility index (Phi) is 4.19. The molecule has 0 aromatic heterocycles. The van der Waals surface area contributed by atoms with Gasteiger partial charge in [-0.3, -0.25) is 4.90 Å². The largest absolute Gasteiger partial charge is 0.496 e. The lowest BCUT2D eigenvalue weighted by atomic mass is 10.1. The third kappa shape index (κ3) is 2.81. The van der Waals surface area contributed by atoms with Crippen LogP contribution in [0.4, 0.5) is 0 Å². The van der Waals surface area contributed by atoms with Crippen molar-refractivity contribution in [2.45, 2.75) is 19.5 Å². The summed E-state index contributed by atoms with van der Waals surface area (Å²) < 4.78 is 5.39. The molecule has 1 aliphatic heterocycles. The summed E-state index contributed by atoms with van der Waals surface area (Å²) in [4.78, 5) is 2.20. The van der Waals surface area contributed by atoms with E-state index in [1.807, 2.05) is 12.1 Å². The molecule has 2 rings (SSSR count). The van der Waals surface area contributed by atoms with Gasteiger partial charge in [0.05, 0.1) is 13.2 Å². The molecule has 0 amide bonds. The summed E-state index contributed by atoms with van der Waals surface area (Å²) in [5, 5.41) is 12.4. The first-order valence-electron chi connectivity index (χ1n) is 6.22. The molecule has 1 heterocycles. The fourth-order valence-corrected chi connectivity index (χ4v) is 2.31. The Morgan fingerprint density at radius 2 is 2.39 bits per heavy atom. The van der Waals surface area contributed by atoms with Crippen molar-refractivity contribution < 1.29 is 4.74 Å². The van der Waals surface area contributed by atoms with Crippen LogP contribution in [0, 0.1) is 18.3 Å². The van der Waals surface area contributed by atoms with E-state index in [1.54, 1.807) is 7.11 Å². The van der Waals surface area contributed by atoms with E-state index in [4.69, 9.17) is 10.00 Å². The van der Waals surface area contributed by atoms with Crippen molar-refractivity contribution in [2.75, 3.05) is 26.7 Å². The summed E-state index contributed by atoms with van der Waals surface area (Å²) in [6.07, 6.45) is 0. The molecule has 1 fully saturated rings. The van der Waals surface area contributed by atoms with Crippen LogP contribution in [0.1, 0.15) is 11.1 Å². The number of aryl methyl sites for hydroxylation is 1. The number of rotatable bonds is 3. The summed E-state index contributed by atoms with van der Waals surface area (Å²) in [5.74, 6) is 0.899. The molecular weight excluding hydrogens is 226 g/mol. The molecule has 1 aromatic rings. The van der Waals surface area contributed by atoms with Crippen LogP contribution in [0.2, 0.25) is 0 Å². The van der Waals surface area contributed by atoms with E-state index in [1.165, 1.54) is 5.56 Å². The minimum absolute atomic E-state index is 0.0519. The van der Waals surface area contributed by atoms with E-state index in [0.29, 0.717) is 0 Å². The molecule has 0 aliphatic carbocycles. The van der Waals surface area contributed by atoms with Gasteiger partial charge in [-0.2, -0.15) is 5.26 Å². The minimum Gasteiger partial charge on any atom is -0.496 e. The Hall–Kier alpha value is -1.57. The normalized spacial score (nSPS) is 20.4. The first-order valence-corrected chi connectivity index (χ1v) is 6.22. The maximum atomic E-state index is 9.16. The highest BCUT2D eigenvalue weighted by atomic mass is 16.5. The zero-order valence-electron chi connectivity index (χ0n) is 10.9. The average Bonchev–Trinajstić information content (AvgIpc) is 2.40. The van der Waals surface area contributed by atoms with Crippen LogP contribution in [0.3, 0.4) is 0 Å². The molecule has 4 nitrogen and oxygen atoms in total. The van der Waals surface area contributed by atoms with E-state index in [-0.39, 0.29) is 6.04 Å². The third-order valence-corrected chi connectivity index (χ3v) is 3.31. The number of hydrogen-bond donors (Lipinski definition) is 1. The number of ether oxygens (including phenoxy) is 1. The molecule has 1 aliphatic rings. The van der Waals surface area contributed by atoms with Gasteiger partial charge in [-0.1, -0.05) is 17.7 Å². The van der Waals surface area contributed by atoms with Crippen molar-refractivity contribution in [1.82, 2.24) is 10.2 Å². The van der Waals surface area contributed by atoms with Crippen LogP contribution in [-0.2, 0) is 6.54 Å². The molecule has 1 atom stereocenters. The zero-order chi connectivity index (χ0) is 13.0. The molecule has 1 aromatic carbocycles. The Balaban J connectivity index is 2.17. The van der Waals surface area contributed by atoms with Crippen molar-refractivity contribution in [3.05, 3.63) is 29.3 Å². The number of piperazine rings is 1. The molecule has 1 unspecified atom stereocenters. The SMILES string of the molecule is COc1ccc(C)cc1CN1CCNCC1C#N. The number of hydrogen-bond acceptors (Lipinski definition) is 4. The number of methoxy groups -OCH3 is 1. The smallest absolute Gasteiger partial charge is 0.123 e. The highest BCUT2D eigenvalue weighted by Crippen LogP contribution is 2.22. The molecule has 0 radical (unpaired) electrons. The first-order chi connectivity index (χ1) is 8.74.